The summed E-state index contributed by atoms with van der Waals surface area (Å²) in [5.41, 5.74) is 1.19. The van der Waals surface area contributed by atoms with Crippen LogP contribution < -0.4 is 10.6 Å². The van der Waals surface area contributed by atoms with Crippen LogP contribution in [0.15, 0.2) is 47.4 Å². The van der Waals surface area contributed by atoms with Crippen molar-refractivity contribution >= 4 is 33.3 Å². The second-order valence-corrected chi connectivity index (χ2v) is 9.51. The van der Waals surface area contributed by atoms with Crippen molar-refractivity contribution in [1.29, 1.82) is 0 Å². The van der Waals surface area contributed by atoms with Gasteiger partial charge < -0.3 is 10.6 Å². The maximum absolute atomic E-state index is 12.7. The average molecular weight is 446 g/mol. The molecule has 0 bridgehead atoms. The van der Waals surface area contributed by atoms with Gasteiger partial charge in [0.05, 0.1) is 18.0 Å². The number of carbonyl (C=O) groups is 2. The number of aromatic nitrogens is 1. The molecule has 2 aromatic rings. The lowest BCUT2D eigenvalue weighted by Crippen LogP contribution is -2.36. The second kappa shape index (κ2) is 9.99. The van der Waals surface area contributed by atoms with Crippen molar-refractivity contribution in [2.75, 3.05) is 43.9 Å². The molecule has 2 amide bonds. The standard InChI is InChI=1S/C21H27N5O4S/c1-16-7-5-10-19(22-16)24-21(28)15-25(2)14-20(27)23-17-8-6-9-18(13-17)31(29,30)26-11-3-4-12-26/h5-10,13H,3-4,11-12,14-15H2,1-2H3,(H,23,27)(H,22,24,28). The van der Waals surface area contributed by atoms with Gasteiger partial charge in [-0.3, -0.25) is 14.5 Å². The molecule has 1 aromatic carbocycles. The molecule has 1 fully saturated rings. The number of benzene rings is 1. The highest BCUT2D eigenvalue weighted by atomic mass is 32.2. The summed E-state index contributed by atoms with van der Waals surface area (Å²) in [6.07, 6.45) is 1.71. The summed E-state index contributed by atoms with van der Waals surface area (Å²) in [6, 6.07) is 11.5. The first-order valence-electron chi connectivity index (χ1n) is 10.1. The van der Waals surface area contributed by atoms with Crippen LogP contribution in [-0.2, 0) is 19.6 Å². The van der Waals surface area contributed by atoms with Crippen LogP contribution in [0.1, 0.15) is 18.5 Å². The number of rotatable bonds is 8. The highest BCUT2D eigenvalue weighted by molar-refractivity contribution is 7.89. The maximum Gasteiger partial charge on any atom is 0.243 e. The van der Waals surface area contributed by atoms with Gasteiger partial charge in [0.2, 0.25) is 21.8 Å². The van der Waals surface area contributed by atoms with E-state index < -0.39 is 10.0 Å². The van der Waals surface area contributed by atoms with Crippen molar-refractivity contribution in [3.8, 4) is 0 Å². The molecule has 166 valence electrons. The second-order valence-electron chi connectivity index (χ2n) is 7.57. The molecule has 1 aromatic heterocycles. The van der Waals surface area contributed by atoms with Crippen LogP contribution in [0.5, 0.6) is 0 Å². The number of nitrogens with one attached hydrogen (secondary N) is 2. The van der Waals surface area contributed by atoms with Crippen LogP contribution in [-0.4, -0.2) is 67.6 Å². The number of nitrogens with zero attached hydrogens (tertiary/aromatic N) is 3. The molecular formula is C21H27N5O4S. The molecule has 0 atom stereocenters. The van der Waals surface area contributed by atoms with Gasteiger partial charge in [-0.2, -0.15) is 4.31 Å². The summed E-state index contributed by atoms with van der Waals surface area (Å²) in [5, 5.41) is 5.39. The van der Waals surface area contributed by atoms with Crippen molar-refractivity contribution in [1.82, 2.24) is 14.2 Å². The molecule has 0 spiro atoms. The van der Waals surface area contributed by atoms with E-state index in [2.05, 4.69) is 15.6 Å². The molecular weight excluding hydrogens is 418 g/mol. The smallest absolute Gasteiger partial charge is 0.243 e. The Kier molecular flexibility index (Phi) is 7.37. The Morgan fingerprint density at radius 2 is 1.68 bits per heavy atom. The summed E-state index contributed by atoms with van der Waals surface area (Å²) in [5.74, 6) is -0.175. The number of sulfonamides is 1. The first-order chi connectivity index (χ1) is 14.7. The van der Waals surface area contributed by atoms with Crippen molar-refractivity contribution in [2.24, 2.45) is 0 Å². The molecule has 0 saturated carbocycles. The monoisotopic (exact) mass is 445 g/mol. The Morgan fingerprint density at radius 1 is 1.03 bits per heavy atom. The largest absolute Gasteiger partial charge is 0.325 e. The van der Waals surface area contributed by atoms with Gasteiger partial charge in [0.1, 0.15) is 5.82 Å². The number of carbonyl (C=O) groups excluding carboxylic acids is 2. The van der Waals surface area contributed by atoms with E-state index in [1.807, 2.05) is 13.0 Å². The zero-order chi connectivity index (χ0) is 22.4. The zero-order valence-corrected chi connectivity index (χ0v) is 18.5. The van der Waals surface area contributed by atoms with Crippen LogP contribution in [0.2, 0.25) is 0 Å². The molecule has 9 nitrogen and oxygen atoms in total. The van der Waals surface area contributed by atoms with E-state index in [-0.39, 0.29) is 29.8 Å². The van der Waals surface area contributed by atoms with Gasteiger partial charge in [-0.25, -0.2) is 13.4 Å². The van der Waals surface area contributed by atoms with E-state index in [1.165, 1.54) is 16.4 Å². The number of anilines is 2. The van der Waals surface area contributed by atoms with E-state index in [0.717, 1.165) is 18.5 Å². The van der Waals surface area contributed by atoms with Crippen molar-refractivity contribution in [3.63, 3.8) is 0 Å². The lowest BCUT2D eigenvalue weighted by Gasteiger charge is -2.17. The first kappa shape index (κ1) is 22.9. The predicted octanol–water partition coefficient (Wildman–Crippen LogP) is 1.68. The number of hydrogen-bond acceptors (Lipinski definition) is 6. The zero-order valence-electron chi connectivity index (χ0n) is 17.7. The van der Waals surface area contributed by atoms with Crippen molar-refractivity contribution in [3.05, 3.63) is 48.2 Å². The first-order valence-corrected chi connectivity index (χ1v) is 11.5. The van der Waals surface area contributed by atoms with E-state index >= 15 is 0 Å². The summed E-state index contributed by atoms with van der Waals surface area (Å²) < 4.78 is 26.9. The van der Waals surface area contributed by atoms with Gasteiger partial charge in [0.25, 0.3) is 0 Å². The Bertz CT molecular complexity index is 1050. The molecule has 1 aliphatic heterocycles. The number of likely N-dealkylation sites (N-methyl/N-ethyl adjacent to an activating group) is 1. The lowest BCUT2D eigenvalue weighted by molar-refractivity contribution is -0.119. The minimum atomic E-state index is -3.56. The minimum absolute atomic E-state index is 0.00637. The summed E-state index contributed by atoms with van der Waals surface area (Å²) in [4.78, 5) is 30.5. The molecule has 2 heterocycles. The number of aryl methyl sites for hydroxylation is 1. The van der Waals surface area contributed by atoms with E-state index in [1.54, 1.807) is 36.2 Å². The molecule has 1 saturated heterocycles. The SMILES string of the molecule is Cc1cccc(NC(=O)CN(C)CC(=O)Nc2cccc(S(=O)(=O)N3CCCC3)c2)n1. The Morgan fingerprint density at radius 3 is 2.35 bits per heavy atom. The van der Waals surface area contributed by atoms with Crippen molar-refractivity contribution < 1.29 is 18.0 Å². The predicted molar refractivity (Wildman–Crippen MR) is 118 cm³/mol. The van der Waals surface area contributed by atoms with Gasteiger partial charge in [-0.1, -0.05) is 12.1 Å². The Balaban J connectivity index is 1.53. The molecule has 31 heavy (non-hydrogen) atoms. The number of hydrogen-bond donors (Lipinski definition) is 2. The Labute approximate surface area is 182 Å². The summed E-state index contributed by atoms with van der Waals surface area (Å²) in [6.45, 7) is 2.84. The van der Waals surface area contributed by atoms with Gasteiger partial charge >= 0.3 is 0 Å². The molecule has 0 aliphatic carbocycles. The average Bonchev–Trinajstić information content (AvgIpc) is 3.23. The van der Waals surface area contributed by atoms with Gasteiger partial charge in [-0.15, -0.1) is 0 Å². The lowest BCUT2D eigenvalue weighted by atomic mass is 10.3. The van der Waals surface area contributed by atoms with Gasteiger partial charge in [-0.05, 0) is 57.1 Å². The molecule has 0 radical (unpaired) electrons. The summed E-state index contributed by atoms with van der Waals surface area (Å²) in [7, 11) is -1.91. The fourth-order valence-corrected chi connectivity index (χ4v) is 4.92. The molecule has 1 aliphatic rings. The fourth-order valence-electron chi connectivity index (χ4n) is 3.35. The number of amides is 2. The van der Waals surface area contributed by atoms with E-state index in [9.17, 15) is 18.0 Å². The van der Waals surface area contributed by atoms with Gasteiger partial charge in [0.15, 0.2) is 0 Å². The molecule has 2 N–H and O–H groups in total. The van der Waals surface area contributed by atoms with Gasteiger partial charge in [0, 0.05) is 24.5 Å². The van der Waals surface area contributed by atoms with Crippen LogP contribution >= 0.6 is 0 Å². The van der Waals surface area contributed by atoms with Crippen LogP contribution in [0.4, 0.5) is 11.5 Å². The van der Waals surface area contributed by atoms with E-state index in [0.29, 0.717) is 24.6 Å². The third-order valence-electron chi connectivity index (χ3n) is 4.80. The topological polar surface area (TPSA) is 112 Å². The quantitative estimate of drug-likeness (QED) is 0.640. The van der Waals surface area contributed by atoms with Crippen LogP contribution in [0.25, 0.3) is 0 Å². The normalized spacial score (nSPS) is 14.5. The number of pyridine rings is 1. The third kappa shape index (κ3) is 6.33. The Hall–Kier alpha value is -2.82. The highest BCUT2D eigenvalue weighted by Crippen LogP contribution is 2.23. The third-order valence-corrected chi connectivity index (χ3v) is 6.70. The highest BCUT2D eigenvalue weighted by Gasteiger charge is 2.27. The van der Waals surface area contributed by atoms with Crippen LogP contribution in [0, 0.1) is 6.92 Å². The summed E-state index contributed by atoms with van der Waals surface area (Å²) >= 11 is 0. The molecule has 0 unspecified atom stereocenters. The minimum Gasteiger partial charge on any atom is -0.325 e. The maximum atomic E-state index is 12.7. The van der Waals surface area contributed by atoms with E-state index in [4.69, 9.17) is 0 Å². The molecule has 10 heteroatoms. The molecule has 3 rings (SSSR count). The fraction of sp³-hybridized carbons (Fsp3) is 0.381. The van der Waals surface area contributed by atoms with Crippen LogP contribution in [0.3, 0.4) is 0 Å². The van der Waals surface area contributed by atoms with Crippen molar-refractivity contribution in [2.45, 2.75) is 24.7 Å².